The van der Waals surface area contributed by atoms with Gasteiger partial charge >= 0.3 is 5.97 Å². The molecule has 0 saturated heterocycles. The van der Waals surface area contributed by atoms with Crippen LogP contribution in [0.2, 0.25) is 0 Å². The summed E-state index contributed by atoms with van der Waals surface area (Å²) in [6.45, 7) is 0. The summed E-state index contributed by atoms with van der Waals surface area (Å²) in [6, 6.07) is 25.0. The number of nitrogens with one attached hydrogen (secondary N) is 2. The summed E-state index contributed by atoms with van der Waals surface area (Å²) in [5.74, 6) is -0.588. The van der Waals surface area contributed by atoms with E-state index in [-0.39, 0.29) is 17.2 Å². The molecule has 8 nitrogen and oxygen atoms in total. The number of hydrogen-bond acceptors (Lipinski definition) is 6. The van der Waals surface area contributed by atoms with Gasteiger partial charge < -0.3 is 14.8 Å². The highest BCUT2D eigenvalue weighted by Crippen LogP contribution is 2.24. The minimum Gasteiger partial charge on any atom is -0.497 e. The molecule has 0 heterocycles. The smallest absolute Gasteiger partial charge is 0.343 e. The fraction of sp³-hybridized carbons (Fsp3) is 0.0345. The van der Waals surface area contributed by atoms with Crippen molar-refractivity contribution in [3.63, 3.8) is 0 Å². The normalized spacial score (nSPS) is 10.6. The Morgan fingerprint density at radius 2 is 1.46 bits per heavy atom. The summed E-state index contributed by atoms with van der Waals surface area (Å²) in [7, 11) is 1.54. The minimum atomic E-state index is -0.561. The highest BCUT2D eigenvalue weighted by molar-refractivity contribution is 9.10. The van der Waals surface area contributed by atoms with Gasteiger partial charge in [0, 0.05) is 20.1 Å². The van der Waals surface area contributed by atoms with Crippen LogP contribution in [0.4, 0.5) is 5.69 Å². The molecule has 0 aliphatic carbocycles. The third-order valence-electron chi connectivity index (χ3n) is 5.40. The Hall–Kier alpha value is -4.28. The zero-order valence-corrected chi connectivity index (χ0v) is 23.7. The van der Waals surface area contributed by atoms with Crippen LogP contribution in [0, 0.1) is 0 Å². The molecule has 0 unspecified atom stereocenters. The summed E-state index contributed by atoms with van der Waals surface area (Å²) in [5, 5.41) is 6.80. The molecule has 0 saturated carbocycles. The lowest BCUT2D eigenvalue weighted by molar-refractivity contribution is 0.0733. The van der Waals surface area contributed by atoms with E-state index in [1.165, 1.54) is 13.3 Å². The molecule has 0 atom stereocenters. The highest BCUT2D eigenvalue weighted by Gasteiger charge is 2.15. The van der Waals surface area contributed by atoms with Crippen molar-refractivity contribution in [1.29, 1.82) is 0 Å². The number of ether oxygens (including phenoxy) is 2. The number of carbonyl (C=O) groups excluding carboxylic acids is 3. The van der Waals surface area contributed by atoms with Crippen molar-refractivity contribution in [3.8, 4) is 11.5 Å². The average Bonchev–Trinajstić information content (AvgIpc) is 2.95. The van der Waals surface area contributed by atoms with Gasteiger partial charge in [0.25, 0.3) is 11.8 Å². The summed E-state index contributed by atoms with van der Waals surface area (Å²) < 4.78 is 12.2. The standard InChI is InChI=1S/C29H21Br2N3O5/c1-38-23-13-8-19(9-14-23)29(37)39-26-15-12-22(31)16-20(26)17-32-34-28(36)24-4-2-3-5-25(24)33-27(35)18-6-10-21(30)11-7-18/h2-17H,1H3,(H,33,35)(H,34,36)/b32-17-. The monoisotopic (exact) mass is 649 g/mol. The summed E-state index contributed by atoms with van der Waals surface area (Å²) in [6.07, 6.45) is 1.36. The van der Waals surface area contributed by atoms with Crippen molar-refractivity contribution < 1.29 is 23.9 Å². The van der Waals surface area contributed by atoms with Crippen LogP contribution in [-0.2, 0) is 0 Å². The third-order valence-corrected chi connectivity index (χ3v) is 6.42. The lowest BCUT2D eigenvalue weighted by atomic mass is 10.1. The zero-order chi connectivity index (χ0) is 27.8. The Morgan fingerprint density at radius 1 is 0.795 bits per heavy atom. The summed E-state index contributed by atoms with van der Waals surface area (Å²) in [5.41, 5.74) is 4.24. The van der Waals surface area contributed by atoms with E-state index < -0.39 is 11.9 Å². The van der Waals surface area contributed by atoms with Crippen LogP contribution in [-0.4, -0.2) is 31.1 Å². The highest BCUT2D eigenvalue weighted by atomic mass is 79.9. The fourth-order valence-electron chi connectivity index (χ4n) is 3.41. The van der Waals surface area contributed by atoms with Crippen LogP contribution < -0.4 is 20.2 Å². The molecule has 0 fully saturated rings. The van der Waals surface area contributed by atoms with Crippen LogP contribution in [0.5, 0.6) is 11.5 Å². The van der Waals surface area contributed by atoms with Gasteiger partial charge in [0.1, 0.15) is 11.5 Å². The van der Waals surface area contributed by atoms with Crippen molar-refractivity contribution in [1.82, 2.24) is 5.43 Å². The number of rotatable bonds is 8. The van der Waals surface area contributed by atoms with Crippen molar-refractivity contribution >= 4 is 61.5 Å². The first kappa shape index (κ1) is 27.7. The van der Waals surface area contributed by atoms with E-state index in [1.807, 2.05) is 0 Å². The molecule has 0 bridgehead atoms. The number of esters is 1. The zero-order valence-electron chi connectivity index (χ0n) is 20.5. The van der Waals surface area contributed by atoms with E-state index in [1.54, 1.807) is 91.0 Å². The third kappa shape index (κ3) is 7.40. The number of anilines is 1. The maximum atomic E-state index is 12.9. The van der Waals surface area contributed by atoms with Crippen molar-refractivity contribution in [2.45, 2.75) is 0 Å². The number of hydrazone groups is 1. The molecule has 2 N–H and O–H groups in total. The first-order valence-corrected chi connectivity index (χ1v) is 13.1. The van der Waals surface area contributed by atoms with Crippen molar-refractivity contribution in [2.75, 3.05) is 12.4 Å². The molecule has 0 aliphatic heterocycles. The molecule has 0 aromatic heterocycles. The molecule has 4 aromatic rings. The Balaban J connectivity index is 1.46. The van der Waals surface area contributed by atoms with Crippen molar-refractivity contribution in [3.05, 3.63) is 122 Å². The summed E-state index contributed by atoms with van der Waals surface area (Å²) in [4.78, 5) is 38.2. The van der Waals surface area contributed by atoms with Gasteiger partial charge in [-0.3, -0.25) is 9.59 Å². The van der Waals surface area contributed by atoms with E-state index in [9.17, 15) is 14.4 Å². The summed E-state index contributed by atoms with van der Waals surface area (Å²) >= 11 is 6.73. The number of amides is 2. The van der Waals surface area contributed by atoms with Gasteiger partial charge in [-0.1, -0.05) is 44.0 Å². The number of para-hydroxylation sites is 1. The number of halogens is 2. The maximum absolute atomic E-state index is 12.9. The first-order valence-electron chi connectivity index (χ1n) is 11.5. The first-order chi connectivity index (χ1) is 18.8. The Labute approximate surface area is 241 Å². The SMILES string of the molecule is COc1ccc(C(=O)Oc2ccc(Br)cc2/C=N\NC(=O)c2ccccc2NC(=O)c2ccc(Br)cc2)cc1. The number of methoxy groups -OCH3 is 1. The van der Waals surface area contributed by atoms with E-state index >= 15 is 0 Å². The molecular formula is C29H21Br2N3O5. The van der Waals surface area contributed by atoms with Gasteiger partial charge in [-0.15, -0.1) is 0 Å². The number of nitrogens with zero attached hydrogens (tertiary/aromatic N) is 1. The van der Waals surface area contributed by atoms with Crippen LogP contribution in [0.3, 0.4) is 0 Å². The molecule has 0 radical (unpaired) electrons. The number of hydrogen-bond donors (Lipinski definition) is 2. The Kier molecular flexibility index (Phi) is 9.24. The van der Waals surface area contributed by atoms with Crippen LogP contribution in [0.15, 0.2) is 105 Å². The second kappa shape index (κ2) is 13.0. The predicted octanol–water partition coefficient (Wildman–Crippen LogP) is 6.46. The lowest BCUT2D eigenvalue weighted by Gasteiger charge is -2.10. The van der Waals surface area contributed by atoms with Crippen LogP contribution in [0.1, 0.15) is 36.6 Å². The largest absolute Gasteiger partial charge is 0.497 e. The lowest BCUT2D eigenvalue weighted by Crippen LogP contribution is -2.21. The quantitative estimate of drug-likeness (QED) is 0.0986. The topological polar surface area (TPSA) is 106 Å². The van der Waals surface area contributed by atoms with Gasteiger partial charge in [0.15, 0.2) is 0 Å². The van der Waals surface area contributed by atoms with Crippen LogP contribution >= 0.6 is 31.9 Å². The minimum absolute atomic E-state index is 0.223. The molecule has 0 spiro atoms. The predicted molar refractivity (Wildman–Crippen MR) is 156 cm³/mol. The average molecular weight is 651 g/mol. The van der Waals surface area contributed by atoms with Gasteiger partial charge in [-0.25, -0.2) is 10.2 Å². The van der Waals surface area contributed by atoms with Gasteiger partial charge in [0.05, 0.1) is 30.1 Å². The van der Waals surface area contributed by atoms with Gasteiger partial charge in [-0.2, -0.15) is 5.10 Å². The number of carbonyl (C=O) groups is 3. The molecule has 10 heteroatoms. The molecule has 4 aromatic carbocycles. The molecule has 0 aliphatic rings. The van der Waals surface area contributed by atoms with Gasteiger partial charge in [0.2, 0.25) is 0 Å². The molecular weight excluding hydrogens is 630 g/mol. The van der Waals surface area contributed by atoms with E-state index in [4.69, 9.17) is 9.47 Å². The van der Waals surface area contributed by atoms with Crippen LogP contribution in [0.25, 0.3) is 0 Å². The van der Waals surface area contributed by atoms with Crippen molar-refractivity contribution in [2.24, 2.45) is 5.10 Å². The molecule has 4 rings (SSSR count). The molecule has 196 valence electrons. The van der Waals surface area contributed by atoms with E-state index in [0.29, 0.717) is 28.1 Å². The second-order valence-electron chi connectivity index (χ2n) is 8.01. The second-order valence-corrected chi connectivity index (χ2v) is 9.84. The fourth-order valence-corrected chi connectivity index (χ4v) is 4.05. The van der Waals surface area contributed by atoms with E-state index in [2.05, 4.69) is 47.7 Å². The Bertz CT molecular complexity index is 1540. The molecule has 39 heavy (non-hydrogen) atoms. The Morgan fingerprint density at radius 3 is 2.18 bits per heavy atom. The van der Waals surface area contributed by atoms with Gasteiger partial charge in [-0.05, 0) is 78.9 Å². The maximum Gasteiger partial charge on any atom is 0.343 e. The van der Waals surface area contributed by atoms with E-state index in [0.717, 1.165) is 8.95 Å². The molecule has 2 amide bonds. The number of benzene rings is 4.